The Morgan fingerprint density at radius 2 is 1.88 bits per heavy atom. The van der Waals surface area contributed by atoms with Crippen LogP contribution in [-0.4, -0.2) is 15.9 Å². The normalized spacial score (nSPS) is 23.0. The van der Waals surface area contributed by atoms with E-state index in [9.17, 15) is 0 Å². The fraction of sp³-hybridized carbons (Fsp3) is 0.769. The average Bonchev–Trinajstić information content (AvgIpc) is 2.73. The van der Waals surface area contributed by atoms with Gasteiger partial charge in [0.05, 0.1) is 24.5 Å². The van der Waals surface area contributed by atoms with E-state index in [0.717, 1.165) is 5.75 Å². The highest BCUT2D eigenvalue weighted by molar-refractivity contribution is 5.13. The quantitative estimate of drug-likeness (QED) is 0.781. The minimum atomic E-state index is 0.462. The molecule has 1 heterocycles. The number of aromatic nitrogens is 2. The Balaban J connectivity index is 1.61. The minimum Gasteiger partial charge on any atom is -0.487 e. The van der Waals surface area contributed by atoms with E-state index in [1.807, 2.05) is 6.20 Å². The van der Waals surface area contributed by atoms with Crippen LogP contribution in [0.5, 0.6) is 5.75 Å². The van der Waals surface area contributed by atoms with E-state index < -0.39 is 0 Å². The first-order valence-electron chi connectivity index (χ1n) is 6.62. The fourth-order valence-electron chi connectivity index (χ4n) is 2.61. The van der Waals surface area contributed by atoms with E-state index in [1.54, 1.807) is 0 Å². The highest BCUT2D eigenvalue weighted by Gasteiger charge is 2.21. The van der Waals surface area contributed by atoms with Crippen molar-refractivity contribution >= 4 is 0 Å². The van der Waals surface area contributed by atoms with Crippen LogP contribution in [0, 0.1) is 0 Å². The Bertz CT molecular complexity index is 337. The first-order chi connectivity index (χ1) is 7.92. The molecule has 0 aliphatic heterocycles. The molecule has 2 saturated carbocycles. The van der Waals surface area contributed by atoms with E-state index in [1.165, 1.54) is 51.4 Å². The smallest absolute Gasteiger partial charge is 0.157 e. The Morgan fingerprint density at radius 1 is 1.06 bits per heavy atom. The molecule has 3 nitrogen and oxygen atoms in total. The zero-order chi connectivity index (χ0) is 10.8. The van der Waals surface area contributed by atoms with Gasteiger partial charge in [-0.15, -0.1) is 0 Å². The van der Waals surface area contributed by atoms with Crippen molar-refractivity contribution < 1.29 is 4.74 Å². The molecule has 2 fully saturated rings. The SMILES string of the molecule is c1nn(C2CCCCC2)cc1OC1CCC1. The first kappa shape index (κ1) is 10.2. The molecule has 0 amide bonds. The molecule has 2 aliphatic carbocycles. The summed E-state index contributed by atoms with van der Waals surface area (Å²) in [5.41, 5.74) is 0. The zero-order valence-corrected chi connectivity index (χ0v) is 9.77. The van der Waals surface area contributed by atoms with Crippen molar-refractivity contribution in [2.24, 2.45) is 0 Å². The summed E-state index contributed by atoms with van der Waals surface area (Å²) in [6.45, 7) is 0. The van der Waals surface area contributed by atoms with E-state index in [2.05, 4.69) is 16.0 Å². The van der Waals surface area contributed by atoms with E-state index in [-0.39, 0.29) is 0 Å². The third-order valence-corrected chi connectivity index (χ3v) is 3.88. The molecule has 2 aliphatic rings. The van der Waals surface area contributed by atoms with Gasteiger partial charge in [0.25, 0.3) is 0 Å². The van der Waals surface area contributed by atoms with Crippen molar-refractivity contribution in [2.45, 2.75) is 63.5 Å². The molecule has 0 N–H and O–H groups in total. The molecule has 0 bridgehead atoms. The van der Waals surface area contributed by atoms with Crippen molar-refractivity contribution in [2.75, 3.05) is 0 Å². The van der Waals surface area contributed by atoms with Gasteiger partial charge in [-0.3, -0.25) is 4.68 Å². The minimum absolute atomic E-state index is 0.462. The highest BCUT2D eigenvalue weighted by Crippen LogP contribution is 2.30. The molecular weight excluding hydrogens is 200 g/mol. The van der Waals surface area contributed by atoms with E-state index >= 15 is 0 Å². The summed E-state index contributed by atoms with van der Waals surface area (Å²) in [5, 5.41) is 4.44. The molecule has 3 heteroatoms. The summed E-state index contributed by atoms with van der Waals surface area (Å²) >= 11 is 0. The van der Waals surface area contributed by atoms with Crippen molar-refractivity contribution in [3.63, 3.8) is 0 Å². The lowest BCUT2D eigenvalue weighted by Gasteiger charge is -2.25. The predicted molar refractivity (Wildman–Crippen MR) is 62.6 cm³/mol. The van der Waals surface area contributed by atoms with Crippen LogP contribution in [0.1, 0.15) is 57.4 Å². The molecular formula is C13H20N2O. The molecule has 0 radical (unpaired) electrons. The van der Waals surface area contributed by atoms with Crippen molar-refractivity contribution in [3.8, 4) is 5.75 Å². The van der Waals surface area contributed by atoms with Crippen LogP contribution in [0.4, 0.5) is 0 Å². The lowest BCUT2D eigenvalue weighted by Crippen LogP contribution is -2.24. The van der Waals surface area contributed by atoms with E-state index in [4.69, 9.17) is 4.74 Å². The fourth-order valence-corrected chi connectivity index (χ4v) is 2.61. The first-order valence-corrected chi connectivity index (χ1v) is 6.62. The van der Waals surface area contributed by atoms with Crippen LogP contribution in [0.3, 0.4) is 0 Å². The van der Waals surface area contributed by atoms with Gasteiger partial charge < -0.3 is 4.74 Å². The van der Waals surface area contributed by atoms with Gasteiger partial charge in [-0.1, -0.05) is 19.3 Å². The Morgan fingerprint density at radius 3 is 2.56 bits per heavy atom. The molecule has 88 valence electrons. The molecule has 0 saturated heterocycles. The van der Waals surface area contributed by atoms with Gasteiger partial charge in [0.2, 0.25) is 0 Å². The third-order valence-electron chi connectivity index (χ3n) is 3.88. The molecule has 1 aromatic heterocycles. The molecule has 0 aromatic carbocycles. The maximum absolute atomic E-state index is 5.84. The van der Waals surface area contributed by atoms with Gasteiger partial charge >= 0.3 is 0 Å². The molecule has 16 heavy (non-hydrogen) atoms. The lowest BCUT2D eigenvalue weighted by atomic mass is 9.96. The topological polar surface area (TPSA) is 27.1 Å². The van der Waals surface area contributed by atoms with Gasteiger partial charge in [-0.2, -0.15) is 5.10 Å². The number of nitrogens with zero attached hydrogens (tertiary/aromatic N) is 2. The summed E-state index contributed by atoms with van der Waals surface area (Å²) in [5.74, 6) is 0.968. The summed E-state index contributed by atoms with van der Waals surface area (Å²) in [4.78, 5) is 0. The van der Waals surface area contributed by atoms with Gasteiger partial charge in [0.1, 0.15) is 0 Å². The number of hydrogen-bond acceptors (Lipinski definition) is 2. The Labute approximate surface area is 96.8 Å². The maximum Gasteiger partial charge on any atom is 0.157 e. The standard InChI is InChI=1S/C13H20N2O/c1-2-5-11(6-3-1)15-10-13(9-14-15)16-12-7-4-8-12/h9-12H,1-8H2. The largest absolute Gasteiger partial charge is 0.487 e. The maximum atomic E-state index is 5.84. The van der Waals surface area contributed by atoms with Gasteiger partial charge in [-0.05, 0) is 32.1 Å². The zero-order valence-electron chi connectivity index (χ0n) is 9.77. The lowest BCUT2D eigenvalue weighted by molar-refractivity contribution is 0.120. The van der Waals surface area contributed by atoms with Crippen molar-refractivity contribution in [1.82, 2.24) is 9.78 Å². The van der Waals surface area contributed by atoms with E-state index in [0.29, 0.717) is 12.1 Å². The van der Waals surface area contributed by atoms with Gasteiger partial charge in [0.15, 0.2) is 5.75 Å². The Hall–Kier alpha value is -0.990. The summed E-state index contributed by atoms with van der Waals surface area (Å²) < 4.78 is 7.96. The second-order valence-electron chi connectivity index (χ2n) is 5.12. The summed E-state index contributed by atoms with van der Waals surface area (Å²) in [6, 6.07) is 0.618. The summed E-state index contributed by atoms with van der Waals surface area (Å²) in [6.07, 6.45) is 14.8. The van der Waals surface area contributed by atoms with Crippen LogP contribution in [0.2, 0.25) is 0 Å². The van der Waals surface area contributed by atoms with Crippen LogP contribution < -0.4 is 4.74 Å². The molecule has 3 rings (SSSR count). The Kier molecular flexibility index (Phi) is 2.85. The van der Waals surface area contributed by atoms with Crippen molar-refractivity contribution in [1.29, 1.82) is 0 Å². The number of ether oxygens (including phenoxy) is 1. The third kappa shape index (κ3) is 2.08. The van der Waals surface area contributed by atoms with Gasteiger partial charge in [0, 0.05) is 0 Å². The molecule has 1 aromatic rings. The van der Waals surface area contributed by atoms with Gasteiger partial charge in [-0.25, -0.2) is 0 Å². The van der Waals surface area contributed by atoms with Crippen molar-refractivity contribution in [3.05, 3.63) is 12.4 Å². The second kappa shape index (κ2) is 4.48. The molecule has 0 atom stereocenters. The number of hydrogen-bond donors (Lipinski definition) is 0. The summed E-state index contributed by atoms with van der Waals surface area (Å²) in [7, 11) is 0. The van der Waals surface area contributed by atoms with Crippen LogP contribution >= 0.6 is 0 Å². The van der Waals surface area contributed by atoms with Crippen LogP contribution in [0.15, 0.2) is 12.4 Å². The monoisotopic (exact) mass is 220 g/mol. The molecule has 0 unspecified atom stereocenters. The predicted octanol–water partition coefficient (Wildman–Crippen LogP) is 3.32. The molecule has 0 spiro atoms. The van der Waals surface area contributed by atoms with Crippen LogP contribution in [-0.2, 0) is 0 Å². The second-order valence-corrected chi connectivity index (χ2v) is 5.12. The number of rotatable bonds is 3. The highest BCUT2D eigenvalue weighted by atomic mass is 16.5. The van der Waals surface area contributed by atoms with Crippen LogP contribution in [0.25, 0.3) is 0 Å². The average molecular weight is 220 g/mol.